The van der Waals surface area contributed by atoms with Crippen molar-refractivity contribution in [1.29, 1.82) is 0 Å². The van der Waals surface area contributed by atoms with Gasteiger partial charge in [0.15, 0.2) is 16.9 Å². The number of aryl methyl sites for hydroxylation is 1. The molecule has 1 fully saturated rings. The first-order chi connectivity index (χ1) is 24.3. The summed E-state index contributed by atoms with van der Waals surface area (Å²) in [6, 6.07) is 21.8. The summed E-state index contributed by atoms with van der Waals surface area (Å²) >= 11 is 3.90. The smallest absolute Gasteiger partial charge is 0.356 e. The number of benzene rings is 2. The van der Waals surface area contributed by atoms with Crippen LogP contribution in [0.3, 0.4) is 0 Å². The van der Waals surface area contributed by atoms with E-state index in [1.54, 1.807) is 11.6 Å². The lowest BCUT2D eigenvalue weighted by atomic mass is 10.0. The first-order valence-corrected chi connectivity index (χ1v) is 18.2. The van der Waals surface area contributed by atoms with Crippen LogP contribution < -0.4 is 11.1 Å². The maximum absolute atomic E-state index is 14.3. The van der Waals surface area contributed by atoms with E-state index >= 15 is 0 Å². The minimum absolute atomic E-state index is 0.0591. The lowest BCUT2D eigenvalue weighted by Crippen LogP contribution is -2.71. The van der Waals surface area contributed by atoms with Crippen LogP contribution in [0.4, 0.5) is 5.13 Å². The molecule has 0 saturated carbocycles. The zero-order chi connectivity index (χ0) is 35.0. The Bertz CT molecular complexity index is 1930. The van der Waals surface area contributed by atoms with E-state index in [0.717, 1.165) is 33.7 Å². The molecule has 2 aliphatic heterocycles. The third-order valence-electron chi connectivity index (χ3n) is 7.58. The number of nitrogens with zero attached hydrogens (tertiary/aromatic N) is 4. The quantitative estimate of drug-likeness (QED) is 0.0440. The van der Waals surface area contributed by atoms with Crippen LogP contribution in [0.5, 0.6) is 0 Å². The number of nitrogen functional groups attached to an aromatic ring is 1. The van der Waals surface area contributed by atoms with Crippen molar-refractivity contribution in [1.82, 2.24) is 20.2 Å². The lowest BCUT2D eigenvalue weighted by Gasteiger charge is -2.49. The Morgan fingerprint density at radius 2 is 1.86 bits per heavy atom. The van der Waals surface area contributed by atoms with Crippen molar-refractivity contribution in [2.75, 3.05) is 18.1 Å². The number of aromatic nitrogens is 2. The number of pyridine rings is 1. The molecule has 6 rings (SSSR count). The molecule has 1 saturated heterocycles. The normalized spacial score (nSPS) is 17.4. The van der Waals surface area contributed by atoms with E-state index in [9.17, 15) is 14.4 Å². The third kappa shape index (κ3) is 7.83. The number of β-lactam (4-membered cyclic amide) rings is 1. The van der Waals surface area contributed by atoms with Gasteiger partial charge in [0.05, 0.1) is 0 Å². The fourth-order valence-corrected chi connectivity index (χ4v) is 8.06. The number of hydrogen-bond acceptors (Lipinski definition) is 12. The molecular weight excluding hydrogens is 693 g/mol. The molecule has 4 heterocycles. The average Bonchev–Trinajstić information content (AvgIpc) is 3.57. The highest BCUT2D eigenvalue weighted by atomic mass is 32.2. The summed E-state index contributed by atoms with van der Waals surface area (Å²) in [5.41, 5.74) is 9.36. The van der Waals surface area contributed by atoms with Crippen molar-refractivity contribution >= 4 is 69.6 Å². The molecule has 2 aromatic carbocycles. The second kappa shape index (κ2) is 16.0. The Hall–Kier alpha value is -5.18. The maximum atomic E-state index is 14.3. The van der Waals surface area contributed by atoms with Crippen molar-refractivity contribution in [2.45, 2.75) is 24.4 Å². The van der Waals surface area contributed by atoms with Gasteiger partial charge < -0.3 is 20.6 Å². The molecule has 254 valence electrons. The number of hydrogen-bond donors (Lipinski definition) is 2. The number of rotatable bonds is 13. The van der Waals surface area contributed by atoms with Gasteiger partial charge in [-0.3, -0.25) is 19.5 Å². The molecule has 3 N–H and O–H groups in total. The topological polar surface area (TPSA) is 149 Å². The molecule has 2 unspecified atom stereocenters. The van der Waals surface area contributed by atoms with Crippen molar-refractivity contribution in [3.05, 3.63) is 141 Å². The number of thioether (sulfide) groups is 2. The maximum Gasteiger partial charge on any atom is 0.356 e. The Labute approximate surface area is 301 Å². The van der Waals surface area contributed by atoms with Crippen LogP contribution in [0.15, 0.2) is 118 Å². The predicted molar refractivity (Wildman–Crippen MR) is 198 cm³/mol. The van der Waals surface area contributed by atoms with Crippen LogP contribution in [0, 0.1) is 6.92 Å². The minimum atomic E-state index is -0.948. The van der Waals surface area contributed by atoms with Gasteiger partial charge in [-0.1, -0.05) is 96.3 Å². The van der Waals surface area contributed by atoms with Gasteiger partial charge in [-0.05, 0) is 41.2 Å². The van der Waals surface area contributed by atoms with Gasteiger partial charge in [0.25, 0.3) is 11.8 Å². The monoisotopic (exact) mass is 724 g/mol. The van der Waals surface area contributed by atoms with Crippen LogP contribution >= 0.6 is 34.9 Å². The number of carbonyl (C=O) groups is 3. The van der Waals surface area contributed by atoms with Gasteiger partial charge in [0, 0.05) is 27.9 Å². The first-order valence-electron chi connectivity index (χ1n) is 15.4. The van der Waals surface area contributed by atoms with Crippen LogP contribution in [0.2, 0.25) is 0 Å². The second-order valence-electron chi connectivity index (χ2n) is 11.0. The van der Waals surface area contributed by atoms with Crippen LogP contribution in [-0.4, -0.2) is 62.1 Å². The SMILES string of the molecule is C=CCO/N=C(/C(=O)NC1C(=O)N2C(C(=O)OC(c3ccccc3)c3ccccc3)=C(S/C=C\c3ccc(C)nc3)CSC12)c1csc(N)n1. The van der Waals surface area contributed by atoms with E-state index in [-0.39, 0.29) is 28.8 Å². The van der Waals surface area contributed by atoms with E-state index in [2.05, 4.69) is 27.0 Å². The van der Waals surface area contributed by atoms with E-state index in [1.165, 1.54) is 34.5 Å². The molecule has 11 nitrogen and oxygen atoms in total. The molecule has 14 heteroatoms. The van der Waals surface area contributed by atoms with Crippen molar-refractivity contribution < 1.29 is 24.0 Å². The van der Waals surface area contributed by atoms with Gasteiger partial charge in [-0.2, -0.15) is 0 Å². The Morgan fingerprint density at radius 3 is 2.48 bits per heavy atom. The summed E-state index contributed by atoms with van der Waals surface area (Å²) < 4.78 is 6.24. The first kappa shape index (κ1) is 34.7. The number of fused-ring (bicyclic) bond motifs is 1. The number of amides is 2. The van der Waals surface area contributed by atoms with Gasteiger partial charge in [-0.15, -0.1) is 23.1 Å². The Morgan fingerprint density at radius 1 is 1.14 bits per heavy atom. The average molecular weight is 725 g/mol. The molecule has 4 aromatic rings. The largest absolute Gasteiger partial charge is 0.448 e. The second-order valence-corrected chi connectivity index (χ2v) is 14.0. The van der Waals surface area contributed by atoms with Gasteiger partial charge in [-0.25, -0.2) is 9.78 Å². The summed E-state index contributed by atoms with van der Waals surface area (Å²) in [4.78, 5) is 57.3. The van der Waals surface area contributed by atoms with Crippen molar-refractivity contribution in [3.63, 3.8) is 0 Å². The molecular formula is C36H32N6O5S3. The number of nitrogens with one attached hydrogen (secondary N) is 1. The molecule has 0 bridgehead atoms. The highest BCUT2D eigenvalue weighted by molar-refractivity contribution is 8.08. The molecule has 0 spiro atoms. The van der Waals surface area contributed by atoms with E-state index in [1.807, 2.05) is 91.2 Å². The summed E-state index contributed by atoms with van der Waals surface area (Å²) in [7, 11) is 0. The molecule has 2 amide bonds. The molecule has 2 aromatic heterocycles. The number of carbonyl (C=O) groups excluding carboxylic acids is 3. The molecule has 0 radical (unpaired) electrons. The number of ether oxygens (including phenoxy) is 1. The molecule has 50 heavy (non-hydrogen) atoms. The van der Waals surface area contributed by atoms with Crippen LogP contribution in [0.1, 0.15) is 34.2 Å². The number of nitrogens with two attached hydrogens (primary N) is 1. The standard InChI is InChI=1S/C36H32N6O5S3/c1-3-17-46-41-28(26-20-50-36(37)39-26)32(43)40-29-33(44)42-30(27(21-49-34(29)42)48-18-16-23-15-14-22(2)38-19-23)35(45)47-31(24-10-6-4-7-11-24)25-12-8-5-9-13-25/h3-16,18-20,29,31,34H,1,17,21H2,2H3,(H2,37,39)(H,40,43)/b18-16-,41-28+. The van der Waals surface area contributed by atoms with Gasteiger partial charge in [0.2, 0.25) is 0 Å². The number of anilines is 1. The van der Waals surface area contributed by atoms with Gasteiger partial charge >= 0.3 is 5.97 Å². The van der Waals surface area contributed by atoms with E-state index < -0.39 is 35.3 Å². The van der Waals surface area contributed by atoms with E-state index in [0.29, 0.717) is 10.7 Å². The zero-order valence-electron chi connectivity index (χ0n) is 26.8. The minimum Gasteiger partial charge on any atom is -0.448 e. The third-order valence-corrected chi connectivity index (χ3v) is 10.6. The number of thiazole rings is 1. The van der Waals surface area contributed by atoms with Crippen molar-refractivity contribution in [2.24, 2.45) is 5.16 Å². The summed E-state index contributed by atoms with van der Waals surface area (Å²) in [6.07, 6.45) is 4.41. The molecule has 0 aliphatic carbocycles. The summed E-state index contributed by atoms with van der Waals surface area (Å²) in [5.74, 6) is -1.40. The number of oxime groups is 1. The zero-order valence-corrected chi connectivity index (χ0v) is 29.3. The highest BCUT2D eigenvalue weighted by Crippen LogP contribution is 2.45. The molecule has 2 atom stereocenters. The Balaban J connectivity index is 1.28. The summed E-state index contributed by atoms with van der Waals surface area (Å²) in [5, 5.41) is 9.81. The fraction of sp³-hybridized carbons (Fsp3) is 0.167. The van der Waals surface area contributed by atoms with Crippen LogP contribution in [-0.2, 0) is 24.0 Å². The lowest BCUT2D eigenvalue weighted by molar-refractivity contribution is -0.154. The van der Waals surface area contributed by atoms with Crippen LogP contribution in [0.25, 0.3) is 6.08 Å². The predicted octanol–water partition coefficient (Wildman–Crippen LogP) is 5.68. The van der Waals surface area contributed by atoms with Gasteiger partial charge in [0.1, 0.15) is 29.4 Å². The number of esters is 1. The summed E-state index contributed by atoms with van der Waals surface area (Å²) in [6.45, 7) is 5.56. The highest BCUT2D eigenvalue weighted by Gasteiger charge is 2.55. The van der Waals surface area contributed by atoms with E-state index in [4.69, 9.17) is 15.3 Å². The molecule has 2 aliphatic rings. The fourth-order valence-electron chi connectivity index (χ4n) is 5.16. The van der Waals surface area contributed by atoms with Crippen molar-refractivity contribution in [3.8, 4) is 0 Å². The Kier molecular flexibility index (Phi) is 11.1.